The Morgan fingerprint density at radius 2 is 1.64 bits per heavy atom. The molecule has 0 bridgehead atoms. The van der Waals surface area contributed by atoms with Gasteiger partial charge in [0.2, 0.25) is 5.78 Å². The first-order chi connectivity index (χ1) is 11.7. The van der Waals surface area contributed by atoms with Gasteiger partial charge in [0, 0.05) is 12.1 Å². The number of ether oxygens (including phenoxy) is 1. The van der Waals surface area contributed by atoms with Gasteiger partial charge < -0.3 is 20.1 Å². The van der Waals surface area contributed by atoms with Crippen LogP contribution >= 0.6 is 0 Å². The van der Waals surface area contributed by atoms with Crippen LogP contribution in [0.2, 0.25) is 0 Å². The van der Waals surface area contributed by atoms with E-state index in [-0.39, 0.29) is 28.4 Å². The van der Waals surface area contributed by atoms with Crippen LogP contribution in [-0.4, -0.2) is 40.2 Å². The van der Waals surface area contributed by atoms with E-state index in [0.29, 0.717) is 0 Å². The van der Waals surface area contributed by atoms with Crippen LogP contribution in [0, 0.1) is 0 Å². The Morgan fingerprint density at radius 3 is 2.24 bits per heavy atom. The van der Waals surface area contributed by atoms with Gasteiger partial charge in [-0.05, 0) is 17.7 Å². The van der Waals surface area contributed by atoms with E-state index in [9.17, 15) is 28.5 Å². The Kier molecular flexibility index (Phi) is 4.03. The maximum atomic E-state index is 12.6. The van der Waals surface area contributed by atoms with Gasteiger partial charge in [-0.15, -0.1) is 0 Å². The zero-order chi connectivity index (χ0) is 18.4. The molecule has 10 heteroatoms. The fraction of sp³-hybridized carbons (Fsp3) is 0.133. The second-order valence-corrected chi connectivity index (χ2v) is 6.32. The largest absolute Gasteiger partial charge is 0.508 e. The number of fused-ring (bicyclic) bond motifs is 1. The van der Waals surface area contributed by atoms with Gasteiger partial charge in [-0.3, -0.25) is 9.35 Å². The van der Waals surface area contributed by atoms with Gasteiger partial charge >= 0.3 is 10.4 Å². The highest BCUT2D eigenvalue weighted by Crippen LogP contribution is 2.43. The van der Waals surface area contributed by atoms with Crippen molar-refractivity contribution in [1.29, 1.82) is 0 Å². The molecule has 25 heavy (non-hydrogen) atoms. The molecule has 1 aliphatic rings. The molecule has 0 saturated carbocycles. The Balaban J connectivity index is 2.14. The fourth-order valence-corrected chi connectivity index (χ4v) is 2.99. The number of carbonyl (C=O) groups is 1. The lowest BCUT2D eigenvalue weighted by molar-refractivity contribution is 0.0293. The molecular weight excluding hydrogens is 356 g/mol. The molecule has 0 radical (unpaired) electrons. The van der Waals surface area contributed by atoms with Crippen LogP contribution in [0.25, 0.3) is 0 Å². The average molecular weight is 368 g/mol. The second kappa shape index (κ2) is 5.92. The monoisotopic (exact) mass is 368 g/mol. The molecule has 0 aromatic heterocycles. The molecule has 1 heterocycles. The van der Waals surface area contributed by atoms with E-state index < -0.39 is 34.1 Å². The highest BCUT2D eigenvalue weighted by Gasteiger charge is 2.43. The summed E-state index contributed by atoms with van der Waals surface area (Å²) in [4.78, 5) is 12.6. The van der Waals surface area contributed by atoms with Crippen LogP contribution in [0.15, 0.2) is 36.4 Å². The lowest BCUT2D eigenvalue weighted by Gasteiger charge is -2.31. The number of rotatable bonds is 3. The lowest BCUT2D eigenvalue weighted by atomic mass is 9.93. The summed E-state index contributed by atoms with van der Waals surface area (Å²) >= 11 is 0. The highest BCUT2D eigenvalue weighted by atomic mass is 32.3. The minimum atomic E-state index is -5.01. The van der Waals surface area contributed by atoms with E-state index in [1.807, 2.05) is 0 Å². The second-order valence-electron chi connectivity index (χ2n) is 5.28. The molecule has 0 spiro atoms. The summed E-state index contributed by atoms with van der Waals surface area (Å²) in [6.45, 7) is 0. The summed E-state index contributed by atoms with van der Waals surface area (Å²) in [6, 6.07) is 7.24. The van der Waals surface area contributed by atoms with Crippen molar-refractivity contribution >= 4 is 16.2 Å². The van der Waals surface area contributed by atoms with Crippen LogP contribution in [0.3, 0.4) is 0 Å². The quantitative estimate of drug-likeness (QED) is 0.588. The molecule has 0 aliphatic carbocycles. The van der Waals surface area contributed by atoms with Crippen LogP contribution in [0.1, 0.15) is 22.0 Å². The third kappa shape index (κ3) is 3.36. The van der Waals surface area contributed by atoms with Crippen LogP contribution in [0.4, 0.5) is 0 Å². The van der Waals surface area contributed by atoms with Crippen LogP contribution < -0.4 is 4.74 Å². The maximum Gasteiger partial charge on any atom is 0.398 e. The van der Waals surface area contributed by atoms with Crippen molar-refractivity contribution in [2.45, 2.75) is 12.2 Å². The van der Waals surface area contributed by atoms with Gasteiger partial charge in [0.05, 0.1) is 0 Å². The molecule has 4 N–H and O–H groups in total. The molecular formula is C15H12O9S. The van der Waals surface area contributed by atoms with Crippen molar-refractivity contribution in [2.75, 3.05) is 0 Å². The molecule has 132 valence electrons. The molecule has 0 fully saturated rings. The van der Waals surface area contributed by atoms with E-state index in [4.69, 9.17) is 9.29 Å². The van der Waals surface area contributed by atoms with Crippen molar-refractivity contribution in [3.05, 3.63) is 47.5 Å². The third-order valence-electron chi connectivity index (χ3n) is 3.55. The fourth-order valence-electron chi connectivity index (χ4n) is 2.54. The smallest absolute Gasteiger partial charge is 0.398 e. The van der Waals surface area contributed by atoms with Gasteiger partial charge in [-0.2, -0.15) is 8.42 Å². The van der Waals surface area contributed by atoms with Gasteiger partial charge in [-0.1, -0.05) is 12.1 Å². The van der Waals surface area contributed by atoms with Gasteiger partial charge in [0.25, 0.3) is 0 Å². The van der Waals surface area contributed by atoms with Crippen molar-refractivity contribution in [2.24, 2.45) is 0 Å². The van der Waals surface area contributed by atoms with E-state index in [0.717, 1.165) is 12.1 Å². The Morgan fingerprint density at radius 1 is 1.00 bits per heavy atom. The number of hydrogen-bond donors (Lipinski definition) is 4. The number of carbonyl (C=O) groups excluding carboxylic acids is 1. The minimum Gasteiger partial charge on any atom is -0.508 e. The average Bonchev–Trinajstić information content (AvgIpc) is 2.49. The summed E-state index contributed by atoms with van der Waals surface area (Å²) in [5.41, 5.74) is -0.130. The third-order valence-corrected chi connectivity index (χ3v) is 4.00. The Labute approximate surface area is 141 Å². The summed E-state index contributed by atoms with van der Waals surface area (Å²) < 4.78 is 41.2. The molecule has 2 atom stereocenters. The number of Topliss-reactive ketones (excluding diaryl/α,β-unsaturated/α-hetero) is 1. The number of aromatic hydroxyl groups is 3. The minimum absolute atomic E-state index is 0.0752. The maximum absolute atomic E-state index is 12.6. The van der Waals surface area contributed by atoms with Gasteiger partial charge in [0.1, 0.15) is 28.6 Å². The SMILES string of the molecule is O=C1c2c(O)cc(O)cc2OC(c2ccc(O)cc2)C1OS(=O)(=O)O. The molecule has 2 aromatic carbocycles. The van der Waals surface area contributed by atoms with E-state index in [1.165, 1.54) is 24.3 Å². The molecule has 2 unspecified atom stereocenters. The Bertz CT molecular complexity index is 934. The molecule has 0 amide bonds. The van der Waals surface area contributed by atoms with Crippen LogP contribution in [-0.2, 0) is 14.6 Å². The first kappa shape index (κ1) is 17.0. The van der Waals surface area contributed by atoms with Crippen molar-refractivity contribution in [1.82, 2.24) is 0 Å². The number of ketones is 1. The topological polar surface area (TPSA) is 151 Å². The molecule has 2 aromatic rings. The van der Waals surface area contributed by atoms with Gasteiger partial charge in [0.15, 0.2) is 12.2 Å². The number of benzene rings is 2. The lowest BCUT2D eigenvalue weighted by Crippen LogP contribution is -2.39. The molecule has 9 nitrogen and oxygen atoms in total. The van der Waals surface area contributed by atoms with Crippen molar-refractivity contribution in [3.8, 4) is 23.0 Å². The predicted octanol–water partition coefficient (Wildman–Crippen LogP) is 1.31. The van der Waals surface area contributed by atoms with E-state index >= 15 is 0 Å². The van der Waals surface area contributed by atoms with Crippen molar-refractivity contribution in [3.63, 3.8) is 0 Å². The summed E-state index contributed by atoms with van der Waals surface area (Å²) in [6.07, 6.45) is -3.13. The molecule has 3 rings (SSSR count). The molecule has 1 aliphatic heterocycles. The van der Waals surface area contributed by atoms with Gasteiger partial charge in [-0.25, -0.2) is 4.18 Å². The number of hydrogen-bond acceptors (Lipinski definition) is 8. The summed E-state index contributed by atoms with van der Waals surface area (Å²) in [5.74, 6) is -2.23. The highest BCUT2D eigenvalue weighted by molar-refractivity contribution is 7.80. The zero-order valence-electron chi connectivity index (χ0n) is 12.4. The number of phenolic OH excluding ortho intramolecular Hbond substituents is 3. The standard InChI is InChI=1S/C15H12O9S/c16-8-3-1-7(2-4-8)14-15(24-25(20,21)22)13(19)12-10(18)5-9(17)6-11(12)23-14/h1-6,14-18H,(H,20,21,22). The molecule has 0 saturated heterocycles. The zero-order valence-corrected chi connectivity index (χ0v) is 13.2. The Hall–Kier alpha value is -2.82. The summed E-state index contributed by atoms with van der Waals surface area (Å²) in [5, 5.41) is 28.8. The first-order valence-corrected chi connectivity index (χ1v) is 8.23. The normalized spacial score (nSPS) is 20.0. The van der Waals surface area contributed by atoms with Crippen molar-refractivity contribution < 1.29 is 42.0 Å². The van der Waals surface area contributed by atoms with Crippen LogP contribution in [0.5, 0.6) is 23.0 Å². The summed E-state index contributed by atoms with van der Waals surface area (Å²) in [7, 11) is -5.01. The number of phenols is 3. The van der Waals surface area contributed by atoms with E-state index in [2.05, 4.69) is 4.18 Å². The first-order valence-electron chi connectivity index (χ1n) is 6.87. The predicted molar refractivity (Wildman–Crippen MR) is 82.0 cm³/mol. The van der Waals surface area contributed by atoms with E-state index in [1.54, 1.807) is 0 Å².